The van der Waals surface area contributed by atoms with E-state index in [0.717, 1.165) is 12.8 Å². The lowest BCUT2D eigenvalue weighted by Gasteiger charge is -2.30. The van der Waals surface area contributed by atoms with E-state index in [9.17, 15) is 18.0 Å². The second kappa shape index (κ2) is 8.77. The third-order valence-corrected chi connectivity index (χ3v) is 7.16. The fraction of sp³-hybridized carbons (Fsp3) is 0.556. The molecule has 8 nitrogen and oxygen atoms in total. The van der Waals surface area contributed by atoms with Gasteiger partial charge in [-0.05, 0) is 37.0 Å². The van der Waals surface area contributed by atoms with Crippen molar-refractivity contribution in [3.05, 3.63) is 23.2 Å². The first-order valence-electron chi connectivity index (χ1n) is 9.27. The minimum absolute atomic E-state index is 0.00754. The molecule has 1 atom stereocenters. The maximum absolute atomic E-state index is 12.8. The zero-order valence-electron chi connectivity index (χ0n) is 15.7. The zero-order chi connectivity index (χ0) is 20.3. The van der Waals surface area contributed by atoms with Gasteiger partial charge in [0, 0.05) is 26.2 Å². The van der Waals surface area contributed by atoms with Crippen molar-refractivity contribution < 1.29 is 22.7 Å². The van der Waals surface area contributed by atoms with Crippen LogP contribution in [0.4, 0.5) is 5.69 Å². The van der Waals surface area contributed by atoms with Crippen LogP contribution >= 0.6 is 11.6 Å². The molecule has 0 bridgehead atoms. The molecule has 2 saturated heterocycles. The van der Waals surface area contributed by atoms with Crippen LogP contribution in [0.3, 0.4) is 0 Å². The summed E-state index contributed by atoms with van der Waals surface area (Å²) in [6, 6.07) is 4.08. The molecular weight excluding hydrogens is 406 g/mol. The Balaban J connectivity index is 1.76. The average Bonchev–Trinajstić information content (AvgIpc) is 2.69. The third kappa shape index (κ3) is 4.65. The number of carbonyl (C=O) groups excluding carboxylic acids is 2. The second-order valence-electron chi connectivity index (χ2n) is 7.11. The predicted octanol–water partition coefficient (Wildman–Crippen LogP) is 1.56. The maximum Gasteiger partial charge on any atom is 0.313 e. The lowest BCUT2D eigenvalue weighted by atomic mass is 10.0. The van der Waals surface area contributed by atoms with Gasteiger partial charge in [0.1, 0.15) is 0 Å². The number of ether oxygens (including phenoxy) is 1. The molecule has 1 aromatic carbocycles. The Labute approximate surface area is 169 Å². The van der Waals surface area contributed by atoms with Crippen LogP contribution in [0.15, 0.2) is 23.1 Å². The normalized spacial score (nSPS) is 21.4. The van der Waals surface area contributed by atoms with Gasteiger partial charge in [-0.25, -0.2) is 8.42 Å². The SMILES string of the molecule is CC1CCCN(C(=O)C(=O)Nc2cc(S(=O)(=O)N3CCOCC3)ccc2Cl)C1. The first kappa shape index (κ1) is 21.0. The number of anilines is 1. The number of rotatable bonds is 3. The molecule has 154 valence electrons. The van der Waals surface area contributed by atoms with E-state index in [1.54, 1.807) is 0 Å². The molecule has 2 aliphatic heterocycles. The number of morpholine rings is 1. The van der Waals surface area contributed by atoms with Gasteiger partial charge in [0.15, 0.2) is 0 Å². The molecule has 10 heteroatoms. The monoisotopic (exact) mass is 429 g/mol. The van der Waals surface area contributed by atoms with Crippen molar-refractivity contribution in [2.75, 3.05) is 44.7 Å². The Hall–Kier alpha value is -1.68. The highest BCUT2D eigenvalue weighted by atomic mass is 35.5. The number of halogens is 1. The quantitative estimate of drug-likeness (QED) is 0.735. The molecule has 2 fully saturated rings. The number of sulfonamides is 1. The summed E-state index contributed by atoms with van der Waals surface area (Å²) in [5.41, 5.74) is 0.0967. The van der Waals surface area contributed by atoms with Crippen molar-refractivity contribution in [2.45, 2.75) is 24.7 Å². The van der Waals surface area contributed by atoms with Crippen LogP contribution in [0, 0.1) is 5.92 Å². The highest BCUT2D eigenvalue weighted by Gasteiger charge is 2.29. The molecule has 2 heterocycles. The lowest BCUT2D eigenvalue weighted by Crippen LogP contribution is -2.44. The van der Waals surface area contributed by atoms with E-state index in [4.69, 9.17) is 16.3 Å². The molecule has 1 unspecified atom stereocenters. The van der Waals surface area contributed by atoms with Gasteiger partial charge in [0.25, 0.3) is 0 Å². The summed E-state index contributed by atoms with van der Waals surface area (Å²) in [5, 5.41) is 2.63. The highest BCUT2D eigenvalue weighted by molar-refractivity contribution is 7.89. The summed E-state index contributed by atoms with van der Waals surface area (Å²) in [5.74, 6) is -1.11. The number of nitrogens with zero attached hydrogens (tertiary/aromatic N) is 2. The molecule has 0 aliphatic carbocycles. The molecule has 0 radical (unpaired) electrons. The number of hydrogen-bond acceptors (Lipinski definition) is 5. The van der Waals surface area contributed by atoms with Crippen molar-refractivity contribution in [3.8, 4) is 0 Å². The number of hydrogen-bond donors (Lipinski definition) is 1. The van der Waals surface area contributed by atoms with Gasteiger partial charge >= 0.3 is 11.8 Å². The number of piperidine rings is 1. The molecule has 1 N–H and O–H groups in total. The Morgan fingerprint density at radius 3 is 2.61 bits per heavy atom. The van der Waals surface area contributed by atoms with Crippen LogP contribution in [-0.2, 0) is 24.3 Å². The minimum Gasteiger partial charge on any atom is -0.379 e. The van der Waals surface area contributed by atoms with Crippen molar-refractivity contribution in [1.82, 2.24) is 9.21 Å². The number of benzene rings is 1. The van der Waals surface area contributed by atoms with E-state index in [1.807, 2.05) is 6.92 Å². The van der Waals surface area contributed by atoms with Crippen LogP contribution in [0.1, 0.15) is 19.8 Å². The van der Waals surface area contributed by atoms with E-state index < -0.39 is 21.8 Å². The predicted molar refractivity (Wildman–Crippen MR) is 105 cm³/mol. The van der Waals surface area contributed by atoms with Crippen molar-refractivity contribution in [2.24, 2.45) is 5.92 Å². The molecule has 0 saturated carbocycles. The van der Waals surface area contributed by atoms with Crippen molar-refractivity contribution >= 4 is 39.1 Å². The first-order chi connectivity index (χ1) is 13.3. The molecule has 3 rings (SSSR count). The smallest absolute Gasteiger partial charge is 0.313 e. The van der Waals surface area contributed by atoms with E-state index in [2.05, 4.69) is 5.32 Å². The van der Waals surface area contributed by atoms with E-state index in [-0.39, 0.29) is 28.7 Å². The van der Waals surface area contributed by atoms with Crippen molar-refractivity contribution in [1.29, 1.82) is 0 Å². The Bertz CT molecular complexity index is 855. The molecular formula is C18H24ClN3O5S. The average molecular weight is 430 g/mol. The zero-order valence-corrected chi connectivity index (χ0v) is 17.3. The lowest BCUT2D eigenvalue weighted by molar-refractivity contribution is -0.144. The Kier molecular flexibility index (Phi) is 6.59. The van der Waals surface area contributed by atoms with Gasteiger partial charge in [0.2, 0.25) is 10.0 Å². The van der Waals surface area contributed by atoms with Crippen LogP contribution in [0.25, 0.3) is 0 Å². The maximum atomic E-state index is 12.8. The minimum atomic E-state index is -3.74. The molecule has 2 aliphatic rings. The van der Waals surface area contributed by atoms with Crippen LogP contribution in [0.5, 0.6) is 0 Å². The summed E-state index contributed by atoms with van der Waals surface area (Å²) in [6.45, 7) is 4.30. The van der Waals surface area contributed by atoms with Gasteiger partial charge < -0.3 is 15.0 Å². The summed E-state index contributed by atoms with van der Waals surface area (Å²) >= 11 is 6.12. The van der Waals surface area contributed by atoms with E-state index in [0.29, 0.717) is 32.2 Å². The molecule has 0 spiro atoms. The topological polar surface area (TPSA) is 96.0 Å². The highest BCUT2D eigenvalue weighted by Crippen LogP contribution is 2.27. The molecule has 0 aromatic heterocycles. The summed E-state index contributed by atoms with van der Waals surface area (Å²) < 4.78 is 32.1. The van der Waals surface area contributed by atoms with E-state index in [1.165, 1.54) is 27.4 Å². The Morgan fingerprint density at radius 2 is 1.93 bits per heavy atom. The van der Waals surface area contributed by atoms with Gasteiger partial charge in [-0.15, -0.1) is 0 Å². The summed E-state index contributed by atoms with van der Waals surface area (Å²) in [7, 11) is -3.74. The fourth-order valence-electron chi connectivity index (χ4n) is 3.39. The van der Waals surface area contributed by atoms with Crippen LogP contribution < -0.4 is 5.32 Å². The van der Waals surface area contributed by atoms with E-state index >= 15 is 0 Å². The molecule has 1 aromatic rings. The van der Waals surface area contributed by atoms with Crippen LogP contribution in [0.2, 0.25) is 5.02 Å². The molecule has 28 heavy (non-hydrogen) atoms. The number of amides is 2. The number of carbonyl (C=O) groups is 2. The summed E-state index contributed by atoms with van der Waals surface area (Å²) in [6.07, 6.45) is 1.88. The largest absolute Gasteiger partial charge is 0.379 e. The van der Waals surface area contributed by atoms with Crippen molar-refractivity contribution in [3.63, 3.8) is 0 Å². The van der Waals surface area contributed by atoms with Crippen LogP contribution in [-0.4, -0.2) is 68.8 Å². The molecule has 2 amide bonds. The van der Waals surface area contributed by atoms with Gasteiger partial charge in [0.05, 0.1) is 28.8 Å². The fourth-order valence-corrected chi connectivity index (χ4v) is 4.99. The second-order valence-corrected chi connectivity index (χ2v) is 9.46. The van der Waals surface area contributed by atoms with Gasteiger partial charge in [-0.1, -0.05) is 18.5 Å². The number of nitrogens with one attached hydrogen (secondary N) is 1. The third-order valence-electron chi connectivity index (χ3n) is 4.93. The van der Waals surface area contributed by atoms with Gasteiger partial charge in [-0.3, -0.25) is 9.59 Å². The summed E-state index contributed by atoms with van der Waals surface area (Å²) in [4.78, 5) is 26.3. The number of likely N-dealkylation sites (tertiary alicyclic amines) is 1. The first-order valence-corrected chi connectivity index (χ1v) is 11.1. The Morgan fingerprint density at radius 1 is 1.21 bits per heavy atom. The standard InChI is InChI=1S/C18H24ClN3O5S/c1-13-3-2-6-21(12-13)18(24)17(23)20-16-11-14(4-5-15(16)19)28(25,26)22-7-9-27-10-8-22/h4-5,11,13H,2-3,6-10,12H2,1H3,(H,20,23). The van der Waals surface area contributed by atoms with Gasteiger partial charge in [-0.2, -0.15) is 4.31 Å².